The van der Waals surface area contributed by atoms with Crippen molar-refractivity contribution in [2.45, 2.75) is 17.9 Å². The van der Waals surface area contributed by atoms with Gasteiger partial charge in [0.05, 0.1) is 22.1 Å². The number of nitrogens with zero attached hydrogens (tertiary/aromatic N) is 1. The molecule has 0 aromatic heterocycles. The summed E-state index contributed by atoms with van der Waals surface area (Å²) in [7, 11) is -3.58. The van der Waals surface area contributed by atoms with Crippen LogP contribution < -0.4 is 0 Å². The van der Waals surface area contributed by atoms with E-state index in [4.69, 9.17) is 4.74 Å². The molecule has 4 nitrogen and oxygen atoms in total. The van der Waals surface area contributed by atoms with Gasteiger partial charge in [-0.05, 0) is 41.1 Å². The number of rotatable bonds is 2. The van der Waals surface area contributed by atoms with Gasteiger partial charge in [-0.15, -0.1) is 0 Å². The molecule has 1 aromatic carbocycles. The Bertz CT molecular complexity index is 549. The fraction of sp³-hybridized carbons (Fsp3) is 0.455. The zero-order valence-corrected chi connectivity index (χ0v) is 12.2. The number of ether oxygens (including phenoxy) is 1. The monoisotopic (exact) mass is 337 g/mol. The SMILES string of the molecule is C[C@@H]1CN(S(=O)(=O)c2ccc(F)c(Br)c2)CCO1. The van der Waals surface area contributed by atoms with E-state index in [1.807, 2.05) is 6.92 Å². The third-order valence-corrected chi connectivity index (χ3v) is 5.20. The predicted octanol–water partition coefficient (Wildman–Crippen LogP) is 2.00. The Morgan fingerprint density at radius 2 is 2.22 bits per heavy atom. The predicted molar refractivity (Wildman–Crippen MR) is 68.3 cm³/mol. The van der Waals surface area contributed by atoms with Gasteiger partial charge in [-0.3, -0.25) is 0 Å². The molecular weight excluding hydrogens is 325 g/mol. The van der Waals surface area contributed by atoms with Crippen LogP contribution in [0.2, 0.25) is 0 Å². The van der Waals surface area contributed by atoms with Crippen LogP contribution in [0.1, 0.15) is 6.92 Å². The van der Waals surface area contributed by atoms with Crippen LogP contribution in [0.4, 0.5) is 4.39 Å². The Kier molecular flexibility index (Phi) is 4.05. The first kappa shape index (κ1) is 13.9. The maximum absolute atomic E-state index is 13.1. The van der Waals surface area contributed by atoms with E-state index in [9.17, 15) is 12.8 Å². The highest BCUT2D eigenvalue weighted by Gasteiger charge is 2.29. The van der Waals surface area contributed by atoms with Crippen molar-refractivity contribution in [2.75, 3.05) is 19.7 Å². The molecule has 1 fully saturated rings. The lowest BCUT2D eigenvalue weighted by molar-refractivity contribution is 0.0102. The molecule has 0 radical (unpaired) electrons. The van der Waals surface area contributed by atoms with E-state index in [0.717, 1.165) is 6.07 Å². The van der Waals surface area contributed by atoms with Gasteiger partial charge < -0.3 is 4.74 Å². The van der Waals surface area contributed by atoms with E-state index in [1.54, 1.807) is 0 Å². The van der Waals surface area contributed by atoms with Crippen molar-refractivity contribution in [3.63, 3.8) is 0 Å². The molecule has 1 saturated heterocycles. The van der Waals surface area contributed by atoms with Crippen LogP contribution in [-0.4, -0.2) is 38.5 Å². The van der Waals surface area contributed by atoms with Gasteiger partial charge in [-0.2, -0.15) is 4.31 Å². The lowest BCUT2D eigenvalue weighted by Crippen LogP contribution is -2.44. The molecule has 1 aliphatic rings. The van der Waals surface area contributed by atoms with Gasteiger partial charge in [0.1, 0.15) is 5.82 Å². The third kappa shape index (κ3) is 2.74. The standard InChI is InChI=1S/C11H13BrFNO3S/c1-8-7-14(4-5-17-8)18(15,16)9-2-3-11(13)10(12)6-9/h2-3,6,8H,4-5,7H2,1H3/t8-/m1/s1. The zero-order chi connectivity index (χ0) is 13.3. The molecule has 0 N–H and O–H groups in total. The van der Waals surface area contributed by atoms with Crippen LogP contribution in [-0.2, 0) is 14.8 Å². The third-order valence-electron chi connectivity index (χ3n) is 2.73. The molecule has 0 unspecified atom stereocenters. The van der Waals surface area contributed by atoms with Gasteiger partial charge in [0.2, 0.25) is 10.0 Å². The normalized spacial score (nSPS) is 22.1. The average Bonchev–Trinajstić information content (AvgIpc) is 2.32. The van der Waals surface area contributed by atoms with Crippen LogP contribution in [0, 0.1) is 5.82 Å². The molecule has 1 aliphatic heterocycles. The number of morpholine rings is 1. The fourth-order valence-electron chi connectivity index (χ4n) is 1.79. The van der Waals surface area contributed by atoms with E-state index in [0.29, 0.717) is 19.7 Å². The molecule has 0 bridgehead atoms. The summed E-state index contributed by atoms with van der Waals surface area (Å²) in [5.41, 5.74) is 0. The average molecular weight is 338 g/mol. The van der Waals surface area contributed by atoms with Crippen LogP contribution >= 0.6 is 15.9 Å². The largest absolute Gasteiger partial charge is 0.376 e. The van der Waals surface area contributed by atoms with Gasteiger partial charge in [0.25, 0.3) is 0 Å². The van der Waals surface area contributed by atoms with Crippen molar-refractivity contribution in [1.29, 1.82) is 0 Å². The summed E-state index contributed by atoms with van der Waals surface area (Å²) < 4.78 is 44.6. The molecule has 0 saturated carbocycles. The lowest BCUT2D eigenvalue weighted by atomic mass is 10.3. The summed E-state index contributed by atoms with van der Waals surface area (Å²) in [5.74, 6) is -0.482. The summed E-state index contributed by atoms with van der Waals surface area (Å²) in [4.78, 5) is 0.0878. The summed E-state index contributed by atoms with van der Waals surface area (Å²) in [5, 5.41) is 0. The first-order valence-corrected chi connectivity index (χ1v) is 7.71. The fourth-order valence-corrected chi connectivity index (χ4v) is 3.85. The number of halogens is 2. The molecule has 0 aliphatic carbocycles. The second-order valence-corrected chi connectivity index (χ2v) is 6.91. The first-order chi connectivity index (χ1) is 8.41. The highest BCUT2D eigenvalue weighted by Crippen LogP contribution is 2.23. The van der Waals surface area contributed by atoms with Gasteiger partial charge in [-0.25, -0.2) is 12.8 Å². The molecule has 100 valence electrons. The molecule has 1 aromatic rings. The van der Waals surface area contributed by atoms with Gasteiger partial charge in [0, 0.05) is 13.1 Å². The Labute approximate surface area is 114 Å². The molecule has 0 amide bonds. The van der Waals surface area contributed by atoms with Gasteiger partial charge >= 0.3 is 0 Å². The van der Waals surface area contributed by atoms with Crippen LogP contribution in [0.25, 0.3) is 0 Å². The quantitative estimate of drug-likeness (QED) is 0.829. The first-order valence-electron chi connectivity index (χ1n) is 5.48. The summed E-state index contributed by atoms with van der Waals surface area (Å²) in [6.45, 7) is 2.84. The number of hydrogen-bond acceptors (Lipinski definition) is 3. The number of benzene rings is 1. The smallest absolute Gasteiger partial charge is 0.243 e. The molecule has 2 rings (SSSR count). The minimum absolute atomic E-state index is 0.0878. The lowest BCUT2D eigenvalue weighted by Gasteiger charge is -2.30. The molecule has 1 atom stereocenters. The van der Waals surface area contributed by atoms with Crippen molar-refractivity contribution in [3.8, 4) is 0 Å². The van der Waals surface area contributed by atoms with Crippen LogP contribution in [0.15, 0.2) is 27.6 Å². The Hall–Kier alpha value is -0.500. The van der Waals surface area contributed by atoms with E-state index in [2.05, 4.69) is 15.9 Å². The highest BCUT2D eigenvalue weighted by atomic mass is 79.9. The summed E-state index contributed by atoms with van der Waals surface area (Å²) in [6.07, 6.45) is -0.127. The zero-order valence-electron chi connectivity index (χ0n) is 9.77. The Balaban J connectivity index is 2.32. The Morgan fingerprint density at radius 3 is 2.83 bits per heavy atom. The second-order valence-electron chi connectivity index (χ2n) is 4.12. The minimum Gasteiger partial charge on any atom is -0.376 e. The van der Waals surface area contributed by atoms with Crippen molar-refractivity contribution < 1.29 is 17.5 Å². The van der Waals surface area contributed by atoms with Gasteiger partial charge in [-0.1, -0.05) is 0 Å². The maximum Gasteiger partial charge on any atom is 0.243 e. The molecular formula is C11H13BrFNO3S. The van der Waals surface area contributed by atoms with E-state index < -0.39 is 15.8 Å². The second kappa shape index (κ2) is 5.24. The van der Waals surface area contributed by atoms with Gasteiger partial charge in [0.15, 0.2) is 0 Å². The van der Waals surface area contributed by atoms with Crippen molar-refractivity contribution in [2.24, 2.45) is 0 Å². The Morgan fingerprint density at radius 1 is 1.50 bits per heavy atom. The topological polar surface area (TPSA) is 46.6 Å². The molecule has 1 heterocycles. The van der Waals surface area contributed by atoms with E-state index in [1.165, 1.54) is 16.4 Å². The van der Waals surface area contributed by atoms with Crippen LogP contribution in [0.5, 0.6) is 0 Å². The molecule has 0 spiro atoms. The highest BCUT2D eigenvalue weighted by molar-refractivity contribution is 9.10. The minimum atomic E-state index is -3.58. The van der Waals surface area contributed by atoms with Crippen LogP contribution in [0.3, 0.4) is 0 Å². The van der Waals surface area contributed by atoms with Crippen molar-refractivity contribution >= 4 is 26.0 Å². The van der Waals surface area contributed by atoms with Crippen molar-refractivity contribution in [1.82, 2.24) is 4.31 Å². The van der Waals surface area contributed by atoms with E-state index in [-0.39, 0.29) is 15.5 Å². The summed E-state index contributed by atoms with van der Waals surface area (Å²) >= 11 is 2.99. The van der Waals surface area contributed by atoms with E-state index >= 15 is 0 Å². The molecule has 18 heavy (non-hydrogen) atoms. The molecule has 7 heteroatoms. The van der Waals surface area contributed by atoms with Crippen molar-refractivity contribution in [3.05, 3.63) is 28.5 Å². The number of sulfonamides is 1. The summed E-state index contributed by atoms with van der Waals surface area (Å²) in [6, 6.07) is 3.70. The maximum atomic E-state index is 13.1. The number of hydrogen-bond donors (Lipinski definition) is 0.